The Balaban J connectivity index is 1.79. The predicted molar refractivity (Wildman–Crippen MR) is 81.3 cm³/mol. The lowest BCUT2D eigenvalue weighted by Crippen LogP contribution is -2.09. The van der Waals surface area contributed by atoms with Gasteiger partial charge in [0.1, 0.15) is 24.7 Å². The molecule has 0 saturated heterocycles. The number of halogens is 2. The van der Waals surface area contributed by atoms with E-state index in [4.69, 9.17) is 21.1 Å². The number of rotatable bonds is 5. The first-order valence-corrected chi connectivity index (χ1v) is 7.09. The SMILES string of the molecule is Cc1cc(OCCOc2cccc(Br)c2)ccc1Cl. The van der Waals surface area contributed by atoms with Crippen molar-refractivity contribution >= 4 is 27.5 Å². The number of ether oxygens (including phenoxy) is 2. The predicted octanol–water partition coefficient (Wildman–Crippen LogP) is 4.87. The molecule has 100 valence electrons. The van der Waals surface area contributed by atoms with E-state index in [-0.39, 0.29) is 0 Å². The van der Waals surface area contributed by atoms with Gasteiger partial charge in [-0.2, -0.15) is 0 Å². The Morgan fingerprint density at radius 1 is 1.00 bits per heavy atom. The highest BCUT2D eigenvalue weighted by atomic mass is 79.9. The van der Waals surface area contributed by atoms with Crippen LogP contribution in [0.1, 0.15) is 5.56 Å². The minimum Gasteiger partial charge on any atom is -0.490 e. The second-order valence-corrected chi connectivity index (χ2v) is 5.39. The molecule has 0 bridgehead atoms. The zero-order valence-electron chi connectivity index (χ0n) is 10.5. The summed E-state index contributed by atoms with van der Waals surface area (Å²) in [5.41, 5.74) is 1.01. The van der Waals surface area contributed by atoms with Crippen molar-refractivity contribution in [2.45, 2.75) is 6.92 Å². The van der Waals surface area contributed by atoms with Crippen molar-refractivity contribution in [3.63, 3.8) is 0 Å². The van der Waals surface area contributed by atoms with E-state index in [1.165, 1.54) is 0 Å². The topological polar surface area (TPSA) is 18.5 Å². The molecule has 0 unspecified atom stereocenters. The molecule has 0 radical (unpaired) electrons. The van der Waals surface area contributed by atoms with Crippen molar-refractivity contribution in [3.05, 3.63) is 57.5 Å². The molecule has 0 aliphatic heterocycles. The van der Waals surface area contributed by atoms with Gasteiger partial charge in [-0.25, -0.2) is 0 Å². The van der Waals surface area contributed by atoms with E-state index in [1.807, 2.05) is 49.4 Å². The average molecular weight is 342 g/mol. The minimum absolute atomic E-state index is 0.494. The van der Waals surface area contributed by atoms with Crippen LogP contribution in [0.4, 0.5) is 0 Å². The Kier molecular flexibility index (Phi) is 5.11. The molecule has 0 N–H and O–H groups in total. The van der Waals surface area contributed by atoms with Crippen molar-refractivity contribution in [2.24, 2.45) is 0 Å². The summed E-state index contributed by atoms with van der Waals surface area (Å²) >= 11 is 9.35. The maximum absolute atomic E-state index is 5.95. The molecule has 0 spiro atoms. The Bertz CT molecular complexity index is 558. The molecule has 2 rings (SSSR count). The quantitative estimate of drug-likeness (QED) is 0.722. The van der Waals surface area contributed by atoms with E-state index in [1.54, 1.807) is 0 Å². The summed E-state index contributed by atoms with van der Waals surface area (Å²) in [6.07, 6.45) is 0. The highest BCUT2D eigenvalue weighted by molar-refractivity contribution is 9.10. The highest BCUT2D eigenvalue weighted by Crippen LogP contribution is 2.21. The van der Waals surface area contributed by atoms with Crippen LogP contribution in [-0.2, 0) is 0 Å². The van der Waals surface area contributed by atoms with Crippen molar-refractivity contribution in [3.8, 4) is 11.5 Å². The number of benzene rings is 2. The summed E-state index contributed by atoms with van der Waals surface area (Å²) in [6, 6.07) is 13.3. The first kappa shape index (κ1) is 14.2. The summed E-state index contributed by atoms with van der Waals surface area (Å²) < 4.78 is 12.2. The molecule has 0 aromatic heterocycles. The maximum atomic E-state index is 5.95. The van der Waals surface area contributed by atoms with Crippen molar-refractivity contribution in [1.29, 1.82) is 0 Å². The smallest absolute Gasteiger partial charge is 0.122 e. The summed E-state index contributed by atoms with van der Waals surface area (Å²) in [7, 11) is 0. The van der Waals surface area contributed by atoms with Gasteiger partial charge in [-0.15, -0.1) is 0 Å². The maximum Gasteiger partial charge on any atom is 0.122 e. The normalized spacial score (nSPS) is 10.3. The zero-order valence-corrected chi connectivity index (χ0v) is 12.9. The van der Waals surface area contributed by atoms with Gasteiger partial charge in [-0.1, -0.05) is 33.6 Å². The van der Waals surface area contributed by atoms with Gasteiger partial charge in [0.15, 0.2) is 0 Å². The van der Waals surface area contributed by atoms with E-state index < -0.39 is 0 Å². The van der Waals surface area contributed by atoms with Gasteiger partial charge in [0.25, 0.3) is 0 Å². The molecule has 2 aromatic carbocycles. The molecule has 0 fully saturated rings. The molecule has 0 aliphatic carbocycles. The van der Waals surface area contributed by atoms with Crippen molar-refractivity contribution in [1.82, 2.24) is 0 Å². The summed E-state index contributed by atoms with van der Waals surface area (Å²) in [4.78, 5) is 0. The highest BCUT2D eigenvalue weighted by Gasteiger charge is 1.99. The molecule has 19 heavy (non-hydrogen) atoms. The molecule has 0 saturated carbocycles. The van der Waals surface area contributed by atoms with Gasteiger partial charge in [-0.3, -0.25) is 0 Å². The van der Waals surface area contributed by atoms with Gasteiger partial charge in [0, 0.05) is 9.50 Å². The van der Waals surface area contributed by atoms with Crippen LogP contribution in [0.15, 0.2) is 46.9 Å². The Morgan fingerprint density at radius 3 is 2.32 bits per heavy atom. The van der Waals surface area contributed by atoms with E-state index in [0.29, 0.717) is 13.2 Å². The molecular formula is C15H14BrClO2. The standard InChI is InChI=1S/C15H14BrClO2/c1-11-9-14(5-6-15(11)17)19-8-7-18-13-4-2-3-12(16)10-13/h2-6,9-10H,7-8H2,1H3. The van der Waals surface area contributed by atoms with Gasteiger partial charge in [0.05, 0.1) is 0 Å². The lowest BCUT2D eigenvalue weighted by molar-refractivity contribution is 0.217. The average Bonchev–Trinajstić information content (AvgIpc) is 2.39. The first-order chi connectivity index (χ1) is 9.15. The zero-order chi connectivity index (χ0) is 13.7. The second kappa shape index (κ2) is 6.83. The fraction of sp³-hybridized carbons (Fsp3) is 0.200. The lowest BCUT2D eigenvalue weighted by Gasteiger charge is -2.09. The molecule has 0 atom stereocenters. The molecule has 0 aliphatic rings. The van der Waals surface area contributed by atoms with E-state index in [2.05, 4.69) is 15.9 Å². The summed E-state index contributed by atoms with van der Waals surface area (Å²) in [5.74, 6) is 1.63. The van der Waals surface area contributed by atoms with Crippen LogP contribution in [0.5, 0.6) is 11.5 Å². The Labute approximate surface area is 126 Å². The van der Waals surface area contributed by atoms with E-state index >= 15 is 0 Å². The molecule has 2 nitrogen and oxygen atoms in total. The van der Waals surface area contributed by atoms with E-state index in [0.717, 1.165) is 26.6 Å². The third kappa shape index (κ3) is 4.44. The van der Waals surface area contributed by atoms with Crippen LogP contribution in [-0.4, -0.2) is 13.2 Å². The summed E-state index contributed by atoms with van der Waals surface area (Å²) in [6.45, 7) is 2.94. The number of aryl methyl sites for hydroxylation is 1. The molecule has 0 amide bonds. The van der Waals surface area contributed by atoms with Gasteiger partial charge < -0.3 is 9.47 Å². The fourth-order valence-electron chi connectivity index (χ4n) is 1.58. The fourth-order valence-corrected chi connectivity index (χ4v) is 2.08. The number of hydrogen-bond acceptors (Lipinski definition) is 2. The first-order valence-electron chi connectivity index (χ1n) is 5.92. The van der Waals surface area contributed by atoms with Crippen LogP contribution in [0.2, 0.25) is 5.02 Å². The van der Waals surface area contributed by atoms with Crippen LogP contribution in [0, 0.1) is 6.92 Å². The lowest BCUT2D eigenvalue weighted by atomic mass is 10.2. The third-order valence-corrected chi connectivity index (χ3v) is 3.46. The molecule has 2 aromatic rings. The van der Waals surface area contributed by atoms with Crippen LogP contribution >= 0.6 is 27.5 Å². The summed E-state index contributed by atoms with van der Waals surface area (Å²) in [5, 5.41) is 0.748. The van der Waals surface area contributed by atoms with Crippen LogP contribution in [0.25, 0.3) is 0 Å². The van der Waals surface area contributed by atoms with Gasteiger partial charge in [0.2, 0.25) is 0 Å². The van der Waals surface area contributed by atoms with Crippen LogP contribution < -0.4 is 9.47 Å². The minimum atomic E-state index is 0.494. The van der Waals surface area contributed by atoms with E-state index in [9.17, 15) is 0 Å². The van der Waals surface area contributed by atoms with Crippen LogP contribution in [0.3, 0.4) is 0 Å². The number of hydrogen-bond donors (Lipinski definition) is 0. The Hall–Kier alpha value is -1.19. The van der Waals surface area contributed by atoms with Gasteiger partial charge >= 0.3 is 0 Å². The van der Waals surface area contributed by atoms with Gasteiger partial charge in [-0.05, 0) is 48.9 Å². The monoisotopic (exact) mass is 340 g/mol. The molecule has 4 heteroatoms. The molecule has 0 heterocycles. The third-order valence-electron chi connectivity index (χ3n) is 2.55. The largest absolute Gasteiger partial charge is 0.490 e. The van der Waals surface area contributed by atoms with Crippen molar-refractivity contribution < 1.29 is 9.47 Å². The Morgan fingerprint density at radius 2 is 1.68 bits per heavy atom. The van der Waals surface area contributed by atoms with Crippen molar-refractivity contribution in [2.75, 3.05) is 13.2 Å². The molecular weight excluding hydrogens is 328 g/mol. The second-order valence-electron chi connectivity index (χ2n) is 4.07.